The molecule has 376 valence electrons. The first-order valence-corrected chi connectivity index (χ1v) is 28.8. The summed E-state index contributed by atoms with van der Waals surface area (Å²) in [5.74, 6) is 0.383. The van der Waals surface area contributed by atoms with Crippen molar-refractivity contribution in [3.05, 3.63) is 0 Å². The third kappa shape index (κ3) is 14.2. The third-order valence-electron chi connectivity index (χ3n) is 16.1. The highest BCUT2D eigenvalue weighted by atomic mass is 32.2. The minimum absolute atomic E-state index is 0.0681. The minimum Gasteiger partial charge on any atom is -0.356 e. The Hall–Kier alpha value is -3.13. The molecule has 3 aliphatic carbocycles. The van der Waals surface area contributed by atoms with Gasteiger partial charge in [-0.15, -0.1) is 11.8 Å². The maximum absolute atomic E-state index is 13.4. The molecule has 0 aromatic carbocycles. The summed E-state index contributed by atoms with van der Waals surface area (Å²) in [6.07, 6.45) is 23.3. The summed E-state index contributed by atoms with van der Waals surface area (Å²) in [6, 6.07) is -0.614. The number of unbranched alkanes of at least 4 members (excludes halogenated alkanes) is 7. The Labute approximate surface area is 402 Å². The SMILES string of the molecule is CS(=O)(=O)N1CCC(C(=O)NCC(=O)NC2NC(C3CCCC(C4CCCC(CNC(=O)CCCCCCCCCCNC5CCCC6C(=O)N(C7CCC(=O)NC7=O)C(=O)C56)C4)C3)CS2)C1. The summed E-state index contributed by atoms with van der Waals surface area (Å²) >= 11 is 1.70. The third-order valence-corrected chi connectivity index (χ3v) is 18.6. The molecule has 7 rings (SSSR count). The number of fused-ring (bicyclic) bond motifs is 1. The van der Waals surface area contributed by atoms with Crippen molar-refractivity contribution in [1.29, 1.82) is 0 Å². The molecular formula is C48H78N8O9S2. The van der Waals surface area contributed by atoms with E-state index in [1.54, 1.807) is 11.8 Å². The smallest absolute Gasteiger partial charge is 0.249 e. The molecule has 4 aliphatic heterocycles. The van der Waals surface area contributed by atoms with Crippen LogP contribution in [0.15, 0.2) is 0 Å². The van der Waals surface area contributed by atoms with E-state index < -0.39 is 33.8 Å². The lowest BCUT2D eigenvalue weighted by Crippen LogP contribution is -2.55. The van der Waals surface area contributed by atoms with Crippen molar-refractivity contribution in [3.63, 3.8) is 0 Å². The Morgan fingerprint density at radius 3 is 2.21 bits per heavy atom. The molecule has 0 radical (unpaired) electrons. The first-order valence-electron chi connectivity index (χ1n) is 25.9. The fourth-order valence-electron chi connectivity index (χ4n) is 12.4. The molecule has 7 aliphatic rings. The Morgan fingerprint density at radius 2 is 1.46 bits per heavy atom. The number of piperidine rings is 1. The molecule has 0 aromatic rings. The number of thioether (sulfide) groups is 1. The van der Waals surface area contributed by atoms with Crippen molar-refractivity contribution in [2.45, 2.75) is 171 Å². The van der Waals surface area contributed by atoms with Gasteiger partial charge in [-0.05, 0) is 94.4 Å². The Kier molecular flexibility index (Phi) is 19.0. The highest BCUT2D eigenvalue weighted by Crippen LogP contribution is 2.44. The Balaban J connectivity index is 0.691. The van der Waals surface area contributed by atoms with Crippen molar-refractivity contribution < 1.29 is 42.0 Å². The lowest BCUT2D eigenvalue weighted by atomic mass is 9.67. The van der Waals surface area contributed by atoms with Gasteiger partial charge in [-0.2, -0.15) is 0 Å². The quantitative estimate of drug-likeness (QED) is 0.0679. The average molecular weight is 975 g/mol. The van der Waals surface area contributed by atoms with E-state index in [2.05, 4.69) is 31.9 Å². The minimum atomic E-state index is -3.33. The number of hydrogen-bond donors (Lipinski definition) is 6. The van der Waals surface area contributed by atoms with Crippen LogP contribution in [0.5, 0.6) is 0 Å². The summed E-state index contributed by atoms with van der Waals surface area (Å²) in [6.45, 7) is 1.92. The topological polar surface area (TPSA) is 232 Å². The van der Waals surface area contributed by atoms with Crippen LogP contribution in [0.1, 0.15) is 148 Å². The zero-order chi connectivity index (χ0) is 47.5. The molecular weight excluding hydrogens is 897 g/mol. The molecule has 7 fully saturated rings. The fourth-order valence-corrected chi connectivity index (χ4v) is 14.6. The van der Waals surface area contributed by atoms with Gasteiger partial charge in [0.1, 0.15) is 11.5 Å². The van der Waals surface area contributed by atoms with Crippen LogP contribution in [-0.2, 0) is 43.6 Å². The van der Waals surface area contributed by atoms with Crippen LogP contribution >= 0.6 is 11.8 Å². The molecule has 7 amide bonds. The number of imide groups is 2. The number of likely N-dealkylation sites (tertiary alicyclic amines) is 1. The van der Waals surface area contributed by atoms with Crippen molar-refractivity contribution in [1.82, 2.24) is 41.1 Å². The predicted octanol–water partition coefficient (Wildman–Crippen LogP) is 3.28. The van der Waals surface area contributed by atoms with Gasteiger partial charge in [-0.1, -0.05) is 70.6 Å². The van der Waals surface area contributed by atoms with Gasteiger partial charge < -0.3 is 21.3 Å². The van der Waals surface area contributed by atoms with E-state index in [-0.39, 0.29) is 78.8 Å². The zero-order valence-electron chi connectivity index (χ0n) is 39.7. The monoisotopic (exact) mass is 975 g/mol. The number of sulfonamides is 1. The van der Waals surface area contributed by atoms with Gasteiger partial charge in [0.15, 0.2) is 0 Å². The normalized spacial score (nSPS) is 32.8. The van der Waals surface area contributed by atoms with E-state index in [1.165, 1.54) is 55.7 Å². The van der Waals surface area contributed by atoms with Crippen LogP contribution in [0.4, 0.5) is 0 Å². The molecule has 19 heteroatoms. The lowest BCUT2D eigenvalue weighted by Gasteiger charge is -2.40. The number of nitrogens with one attached hydrogen (secondary N) is 6. The van der Waals surface area contributed by atoms with Gasteiger partial charge in [0, 0.05) is 50.3 Å². The highest BCUT2D eigenvalue weighted by Gasteiger charge is 2.55. The van der Waals surface area contributed by atoms with E-state index in [0.29, 0.717) is 55.5 Å². The summed E-state index contributed by atoms with van der Waals surface area (Å²) < 4.78 is 24.9. The number of carbonyl (C=O) groups excluding carboxylic acids is 7. The first kappa shape index (κ1) is 51.7. The van der Waals surface area contributed by atoms with Crippen LogP contribution in [0, 0.1) is 41.4 Å². The van der Waals surface area contributed by atoms with Gasteiger partial charge >= 0.3 is 0 Å². The van der Waals surface area contributed by atoms with E-state index in [1.807, 2.05) is 0 Å². The van der Waals surface area contributed by atoms with Crippen LogP contribution in [0.25, 0.3) is 0 Å². The summed E-state index contributed by atoms with van der Waals surface area (Å²) in [5, 5.41) is 18.5. The molecule has 0 spiro atoms. The highest BCUT2D eigenvalue weighted by molar-refractivity contribution is 8.00. The maximum Gasteiger partial charge on any atom is 0.249 e. The second-order valence-electron chi connectivity index (χ2n) is 20.9. The molecule has 11 atom stereocenters. The molecule has 6 N–H and O–H groups in total. The van der Waals surface area contributed by atoms with E-state index in [9.17, 15) is 42.0 Å². The number of amides is 7. The second-order valence-corrected chi connectivity index (χ2v) is 24.0. The number of carbonyl (C=O) groups is 7. The van der Waals surface area contributed by atoms with Gasteiger partial charge in [0.2, 0.25) is 51.4 Å². The summed E-state index contributed by atoms with van der Waals surface area (Å²) in [4.78, 5) is 90.0. The Bertz CT molecular complexity index is 1890. The van der Waals surface area contributed by atoms with Crippen molar-refractivity contribution >= 4 is 63.1 Å². The molecule has 67 heavy (non-hydrogen) atoms. The van der Waals surface area contributed by atoms with Gasteiger partial charge in [-0.3, -0.25) is 49.1 Å². The summed E-state index contributed by atoms with van der Waals surface area (Å²) in [5.41, 5.74) is -0.195. The first-order chi connectivity index (χ1) is 32.2. The second kappa shape index (κ2) is 24.6. The zero-order valence-corrected chi connectivity index (χ0v) is 41.4. The van der Waals surface area contributed by atoms with E-state index in [0.717, 1.165) is 94.2 Å². The van der Waals surface area contributed by atoms with Gasteiger partial charge in [-0.25, -0.2) is 12.7 Å². The fraction of sp³-hybridized carbons (Fsp3) is 0.854. The largest absolute Gasteiger partial charge is 0.356 e. The molecule has 17 nitrogen and oxygen atoms in total. The average Bonchev–Trinajstić information content (AvgIpc) is 4.06. The van der Waals surface area contributed by atoms with E-state index >= 15 is 0 Å². The van der Waals surface area contributed by atoms with Crippen LogP contribution in [0.2, 0.25) is 0 Å². The number of nitrogens with zero attached hydrogens (tertiary/aromatic N) is 2. The van der Waals surface area contributed by atoms with E-state index in [4.69, 9.17) is 0 Å². The predicted molar refractivity (Wildman–Crippen MR) is 255 cm³/mol. The molecule has 11 unspecified atom stereocenters. The molecule has 4 heterocycles. The summed E-state index contributed by atoms with van der Waals surface area (Å²) in [7, 11) is -3.33. The van der Waals surface area contributed by atoms with Crippen molar-refractivity contribution in [3.8, 4) is 0 Å². The van der Waals surface area contributed by atoms with Gasteiger partial charge in [0.05, 0.1) is 30.6 Å². The van der Waals surface area contributed by atoms with Crippen LogP contribution < -0.4 is 31.9 Å². The van der Waals surface area contributed by atoms with Crippen LogP contribution in [-0.4, -0.2) is 127 Å². The molecule has 0 bridgehead atoms. The molecule has 0 aromatic heterocycles. The van der Waals surface area contributed by atoms with Gasteiger partial charge in [0.25, 0.3) is 0 Å². The molecule has 3 saturated carbocycles. The Morgan fingerprint density at radius 1 is 0.761 bits per heavy atom. The van der Waals surface area contributed by atoms with Crippen molar-refractivity contribution in [2.75, 3.05) is 44.7 Å². The standard InChI is InChI=1S/C48H78N8O9S2/c1-67(64,65)55-24-22-35(29-55)44(60)51-28-42(59)54-48-52-38(30-66-48)34-16-11-15-33(26-34)32-14-10-13-31(25-32)27-50-40(57)19-8-6-4-2-3-5-7-9-23-49-37-18-12-17-36-43(37)47(63)56(46(36)62)39-20-21-41(58)53-45(39)61/h31-39,43,48-49,52H,2-30H2,1H3,(H,50,57)(H,51,60)(H,54,59)(H,53,58,61). The number of hydrogen-bond acceptors (Lipinski definition) is 12. The van der Waals surface area contributed by atoms with Crippen LogP contribution in [0.3, 0.4) is 0 Å². The molecule has 4 saturated heterocycles. The maximum atomic E-state index is 13.4. The lowest BCUT2D eigenvalue weighted by molar-refractivity contribution is -0.151. The number of rotatable bonds is 22. The van der Waals surface area contributed by atoms with Crippen molar-refractivity contribution in [2.24, 2.45) is 41.4 Å².